The molecule has 1 N–H and O–H groups in total. The zero-order chi connectivity index (χ0) is 24.4. The molecule has 0 radical (unpaired) electrons. The van der Waals surface area contributed by atoms with Crippen molar-refractivity contribution in [2.24, 2.45) is 0 Å². The highest BCUT2D eigenvalue weighted by Gasteiger charge is 2.46. The number of Topliss-reactive ketones (excluding diaryl/α,β-unsaturated/α-hetero) is 1. The van der Waals surface area contributed by atoms with Gasteiger partial charge >= 0.3 is 0 Å². The maximum absolute atomic E-state index is 13.7. The fourth-order valence-corrected chi connectivity index (χ4v) is 4.19. The quantitative estimate of drug-likeness (QED) is 0.319. The van der Waals surface area contributed by atoms with E-state index in [4.69, 9.17) is 4.74 Å². The molecular weight excluding hydrogens is 435 g/mol. The number of rotatable bonds is 6. The number of aliphatic hydroxyl groups is 1. The van der Waals surface area contributed by atoms with Crippen molar-refractivity contribution in [1.29, 1.82) is 0 Å². The molecule has 1 saturated heterocycles. The Hall–Kier alpha value is -4.00. The second-order valence-electron chi connectivity index (χ2n) is 8.41. The molecule has 1 aromatic heterocycles. The lowest BCUT2D eigenvalue weighted by atomic mass is 9.93. The predicted octanol–water partition coefficient (Wildman–Crippen LogP) is 4.97. The summed E-state index contributed by atoms with van der Waals surface area (Å²) in [6, 6.07) is 15.1. The van der Waals surface area contributed by atoms with Gasteiger partial charge in [-0.05, 0) is 59.5 Å². The van der Waals surface area contributed by atoms with Crippen molar-refractivity contribution in [2.45, 2.75) is 32.4 Å². The molecule has 1 atom stereocenters. The number of benzene rings is 2. The van der Waals surface area contributed by atoms with Crippen molar-refractivity contribution < 1.29 is 23.8 Å². The molecule has 0 aliphatic carbocycles. The van der Waals surface area contributed by atoms with Crippen molar-refractivity contribution in [3.63, 3.8) is 0 Å². The average Bonchev–Trinajstić information content (AvgIpc) is 3.09. The molecule has 1 fully saturated rings. The molecule has 7 heteroatoms. The molecule has 1 unspecified atom stereocenters. The minimum Gasteiger partial charge on any atom is -0.507 e. The molecule has 34 heavy (non-hydrogen) atoms. The number of aliphatic hydroxyl groups excluding tert-OH is 1. The number of methoxy groups -OCH3 is 1. The topological polar surface area (TPSA) is 79.7 Å². The summed E-state index contributed by atoms with van der Waals surface area (Å²) in [4.78, 5) is 31.9. The Labute approximate surface area is 197 Å². The number of aromatic nitrogens is 1. The van der Waals surface area contributed by atoms with Gasteiger partial charge in [-0.15, -0.1) is 0 Å². The fraction of sp³-hybridized carbons (Fsp3) is 0.222. The number of carbonyl (C=O) groups is 2. The van der Waals surface area contributed by atoms with Crippen molar-refractivity contribution in [1.82, 2.24) is 9.88 Å². The van der Waals surface area contributed by atoms with Crippen LogP contribution in [0.4, 0.5) is 4.39 Å². The van der Waals surface area contributed by atoms with Gasteiger partial charge in [0.1, 0.15) is 17.3 Å². The second kappa shape index (κ2) is 9.47. The van der Waals surface area contributed by atoms with Gasteiger partial charge < -0.3 is 14.7 Å². The fourth-order valence-electron chi connectivity index (χ4n) is 4.19. The number of amides is 1. The summed E-state index contributed by atoms with van der Waals surface area (Å²) < 4.78 is 19.1. The van der Waals surface area contributed by atoms with Crippen LogP contribution in [0.1, 0.15) is 48.2 Å². The first-order valence-corrected chi connectivity index (χ1v) is 10.9. The Kier molecular flexibility index (Phi) is 6.45. The van der Waals surface area contributed by atoms with Crippen LogP contribution in [0.25, 0.3) is 5.76 Å². The van der Waals surface area contributed by atoms with Crippen LogP contribution in [0.5, 0.6) is 5.75 Å². The molecular formula is C27H25FN2O4. The molecule has 1 aliphatic heterocycles. The summed E-state index contributed by atoms with van der Waals surface area (Å²) >= 11 is 0. The van der Waals surface area contributed by atoms with E-state index in [1.54, 1.807) is 49.7 Å². The molecule has 1 aliphatic rings. The van der Waals surface area contributed by atoms with Crippen molar-refractivity contribution in [3.8, 4) is 5.75 Å². The number of hydrogen-bond donors (Lipinski definition) is 1. The number of likely N-dealkylation sites (tertiary alicyclic amines) is 1. The van der Waals surface area contributed by atoms with Gasteiger partial charge in [0.05, 0.1) is 31.0 Å². The normalized spacial score (nSPS) is 17.4. The molecule has 2 aromatic carbocycles. The molecule has 4 rings (SSSR count). The Morgan fingerprint density at radius 3 is 2.47 bits per heavy atom. The molecule has 1 amide bonds. The SMILES string of the molecule is COc1ccc(/C(O)=C2/C(=O)C(=O)N(Cc3ccccn3)C2c2ccc(F)cc2)cc1C(C)C. The van der Waals surface area contributed by atoms with Crippen LogP contribution in [0.15, 0.2) is 72.4 Å². The van der Waals surface area contributed by atoms with Gasteiger partial charge in [0, 0.05) is 11.8 Å². The minimum absolute atomic E-state index is 0.0487. The largest absolute Gasteiger partial charge is 0.507 e. The molecule has 0 spiro atoms. The highest BCUT2D eigenvalue weighted by atomic mass is 19.1. The summed E-state index contributed by atoms with van der Waals surface area (Å²) in [6.45, 7) is 4.04. The lowest BCUT2D eigenvalue weighted by molar-refractivity contribution is -0.140. The number of hydrogen-bond acceptors (Lipinski definition) is 5. The molecule has 0 bridgehead atoms. The van der Waals surface area contributed by atoms with E-state index in [2.05, 4.69) is 4.98 Å². The first-order valence-electron chi connectivity index (χ1n) is 10.9. The van der Waals surface area contributed by atoms with Gasteiger partial charge in [0.25, 0.3) is 11.7 Å². The van der Waals surface area contributed by atoms with Crippen molar-refractivity contribution >= 4 is 17.4 Å². The lowest BCUT2D eigenvalue weighted by Gasteiger charge is -2.25. The standard InChI is InChI=1S/C27H25FN2O4/c1-16(2)21-14-18(9-12-22(21)34-3)25(31)23-24(17-7-10-19(28)11-8-17)30(27(33)26(23)32)15-20-6-4-5-13-29-20/h4-14,16,24,31H,15H2,1-3H3/b25-23-. The smallest absolute Gasteiger partial charge is 0.296 e. The summed E-state index contributed by atoms with van der Waals surface area (Å²) in [5.41, 5.74) is 2.30. The molecule has 6 nitrogen and oxygen atoms in total. The van der Waals surface area contributed by atoms with Crippen molar-refractivity contribution in [2.75, 3.05) is 7.11 Å². The van der Waals surface area contributed by atoms with E-state index < -0.39 is 23.5 Å². The van der Waals surface area contributed by atoms with Crippen LogP contribution >= 0.6 is 0 Å². The summed E-state index contributed by atoms with van der Waals surface area (Å²) in [5.74, 6) is -1.52. The molecule has 2 heterocycles. The summed E-state index contributed by atoms with van der Waals surface area (Å²) in [6.07, 6.45) is 1.60. The lowest BCUT2D eigenvalue weighted by Crippen LogP contribution is -2.29. The van der Waals surface area contributed by atoms with Gasteiger partial charge in [-0.3, -0.25) is 14.6 Å². The zero-order valence-corrected chi connectivity index (χ0v) is 19.2. The second-order valence-corrected chi connectivity index (χ2v) is 8.41. The monoisotopic (exact) mass is 460 g/mol. The van der Waals surface area contributed by atoms with E-state index >= 15 is 0 Å². The zero-order valence-electron chi connectivity index (χ0n) is 19.2. The highest BCUT2D eigenvalue weighted by molar-refractivity contribution is 6.46. The Morgan fingerprint density at radius 1 is 1.12 bits per heavy atom. The molecule has 174 valence electrons. The first-order chi connectivity index (χ1) is 16.3. The number of halogens is 1. The first kappa shape index (κ1) is 23.2. The van der Waals surface area contributed by atoms with Gasteiger partial charge in [-0.1, -0.05) is 32.0 Å². The van der Waals surface area contributed by atoms with Gasteiger partial charge in [0.2, 0.25) is 0 Å². The van der Waals surface area contributed by atoms with Crippen molar-refractivity contribution in [3.05, 3.63) is 101 Å². The van der Waals surface area contributed by atoms with Crippen LogP contribution in [-0.2, 0) is 16.1 Å². The number of ether oxygens (including phenoxy) is 1. The summed E-state index contributed by atoms with van der Waals surface area (Å²) in [5, 5.41) is 11.3. The van der Waals surface area contributed by atoms with Gasteiger partial charge in [-0.2, -0.15) is 0 Å². The highest BCUT2D eigenvalue weighted by Crippen LogP contribution is 2.41. The minimum atomic E-state index is -0.896. The van der Waals surface area contributed by atoms with Crippen LogP contribution in [0.2, 0.25) is 0 Å². The predicted molar refractivity (Wildman–Crippen MR) is 126 cm³/mol. The maximum atomic E-state index is 13.7. The summed E-state index contributed by atoms with van der Waals surface area (Å²) in [7, 11) is 1.57. The van der Waals surface area contributed by atoms with E-state index in [1.807, 2.05) is 13.8 Å². The van der Waals surface area contributed by atoms with Gasteiger partial charge in [-0.25, -0.2) is 4.39 Å². The van der Waals surface area contributed by atoms with E-state index in [-0.39, 0.29) is 23.8 Å². The van der Waals surface area contributed by atoms with Crippen LogP contribution < -0.4 is 4.74 Å². The van der Waals surface area contributed by atoms with Crippen LogP contribution in [-0.4, -0.2) is 33.8 Å². The third-order valence-electron chi connectivity index (χ3n) is 5.91. The Balaban J connectivity index is 1.87. The van der Waals surface area contributed by atoms with Crippen LogP contribution in [0.3, 0.4) is 0 Å². The third-order valence-corrected chi connectivity index (χ3v) is 5.91. The number of nitrogens with zero attached hydrogens (tertiary/aromatic N) is 2. The van der Waals surface area contributed by atoms with E-state index in [9.17, 15) is 19.1 Å². The van der Waals surface area contributed by atoms with E-state index in [0.29, 0.717) is 22.6 Å². The average molecular weight is 461 g/mol. The van der Waals surface area contributed by atoms with E-state index in [0.717, 1.165) is 5.56 Å². The number of ketones is 1. The third kappa shape index (κ3) is 4.29. The van der Waals surface area contributed by atoms with Crippen LogP contribution in [0, 0.1) is 5.82 Å². The Morgan fingerprint density at radius 2 is 1.85 bits per heavy atom. The molecule has 3 aromatic rings. The maximum Gasteiger partial charge on any atom is 0.296 e. The number of pyridine rings is 1. The Bertz CT molecular complexity index is 1250. The number of carbonyl (C=O) groups excluding carboxylic acids is 2. The molecule has 0 saturated carbocycles. The van der Waals surface area contributed by atoms with E-state index in [1.165, 1.54) is 29.2 Å². The van der Waals surface area contributed by atoms with Gasteiger partial charge in [0.15, 0.2) is 0 Å².